The van der Waals surface area contributed by atoms with Crippen molar-refractivity contribution < 1.29 is 20.6 Å². The summed E-state index contributed by atoms with van der Waals surface area (Å²) >= 11 is 0. The second kappa shape index (κ2) is 9.70. The largest absolute Gasteiger partial charge is 0.396 e. The standard InChI is InChI=1S/C15H31NO3/c1-2-3-4-5-6-7-8-9-13-12(11-17)15(19)14(18)10-16-13/h12-19H,2-11H2,1H3/p+1/t12?,13?,14-,15-/m1/s1. The summed E-state index contributed by atoms with van der Waals surface area (Å²) in [4.78, 5) is 0. The zero-order valence-electron chi connectivity index (χ0n) is 12.3. The van der Waals surface area contributed by atoms with Crippen molar-refractivity contribution in [2.75, 3.05) is 13.2 Å². The van der Waals surface area contributed by atoms with E-state index in [1.165, 1.54) is 38.5 Å². The van der Waals surface area contributed by atoms with Crippen molar-refractivity contribution in [1.29, 1.82) is 0 Å². The van der Waals surface area contributed by atoms with Crippen LogP contribution in [0.15, 0.2) is 0 Å². The molecular weight excluding hydrogens is 242 g/mol. The van der Waals surface area contributed by atoms with E-state index in [1.807, 2.05) is 0 Å². The van der Waals surface area contributed by atoms with E-state index in [1.54, 1.807) is 0 Å². The second-order valence-electron chi connectivity index (χ2n) is 5.95. The highest BCUT2D eigenvalue weighted by molar-refractivity contribution is 4.83. The molecule has 0 aromatic carbocycles. The quantitative estimate of drug-likeness (QED) is 0.460. The van der Waals surface area contributed by atoms with Crippen LogP contribution < -0.4 is 5.32 Å². The van der Waals surface area contributed by atoms with Crippen molar-refractivity contribution in [3.8, 4) is 0 Å². The van der Waals surface area contributed by atoms with Crippen molar-refractivity contribution in [1.82, 2.24) is 0 Å². The third kappa shape index (κ3) is 5.78. The molecule has 0 amide bonds. The molecule has 5 N–H and O–H groups in total. The van der Waals surface area contributed by atoms with Gasteiger partial charge in [-0.2, -0.15) is 0 Å². The molecule has 0 aliphatic carbocycles. The van der Waals surface area contributed by atoms with E-state index in [-0.39, 0.29) is 18.6 Å². The molecule has 2 unspecified atom stereocenters. The molecule has 1 saturated heterocycles. The van der Waals surface area contributed by atoms with E-state index in [9.17, 15) is 15.3 Å². The molecule has 0 radical (unpaired) electrons. The van der Waals surface area contributed by atoms with Crippen LogP contribution in [0.3, 0.4) is 0 Å². The molecule has 0 aromatic rings. The highest BCUT2D eigenvalue weighted by Gasteiger charge is 2.39. The average Bonchev–Trinajstić information content (AvgIpc) is 2.42. The van der Waals surface area contributed by atoms with E-state index in [0.29, 0.717) is 6.54 Å². The van der Waals surface area contributed by atoms with E-state index in [0.717, 1.165) is 12.8 Å². The van der Waals surface area contributed by atoms with Gasteiger partial charge in [-0.05, 0) is 12.8 Å². The number of aliphatic hydroxyl groups excluding tert-OH is 3. The molecular formula is C15H32NO3+. The SMILES string of the molecule is CCCCCCCCCC1[NH2+]C[C@@H](O)[C@H](O)C1CO. The fourth-order valence-electron chi connectivity index (χ4n) is 3.08. The summed E-state index contributed by atoms with van der Waals surface area (Å²) in [5.41, 5.74) is 0. The fraction of sp³-hybridized carbons (Fsp3) is 1.00. The first kappa shape index (κ1) is 16.9. The normalized spacial score (nSPS) is 31.6. The van der Waals surface area contributed by atoms with Gasteiger partial charge in [0.25, 0.3) is 0 Å². The molecule has 1 aliphatic rings. The number of aliphatic hydroxyl groups is 3. The van der Waals surface area contributed by atoms with Gasteiger partial charge in [-0.15, -0.1) is 0 Å². The fourth-order valence-corrected chi connectivity index (χ4v) is 3.08. The van der Waals surface area contributed by atoms with Gasteiger partial charge in [0.05, 0.1) is 24.7 Å². The van der Waals surface area contributed by atoms with Crippen LogP contribution in [0.4, 0.5) is 0 Å². The Bertz CT molecular complexity index is 225. The molecule has 19 heavy (non-hydrogen) atoms. The van der Waals surface area contributed by atoms with Gasteiger partial charge >= 0.3 is 0 Å². The van der Waals surface area contributed by atoms with Crippen LogP contribution in [0.2, 0.25) is 0 Å². The van der Waals surface area contributed by atoms with Crippen LogP contribution in [0.5, 0.6) is 0 Å². The van der Waals surface area contributed by atoms with Gasteiger partial charge in [-0.1, -0.05) is 45.4 Å². The lowest BCUT2D eigenvalue weighted by atomic mass is 9.84. The zero-order chi connectivity index (χ0) is 14.1. The zero-order valence-corrected chi connectivity index (χ0v) is 12.3. The number of quaternary nitrogens is 1. The summed E-state index contributed by atoms with van der Waals surface area (Å²) in [6.07, 6.45) is 8.57. The smallest absolute Gasteiger partial charge is 0.129 e. The van der Waals surface area contributed by atoms with Crippen molar-refractivity contribution in [2.24, 2.45) is 5.92 Å². The van der Waals surface area contributed by atoms with E-state index < -0.39 is 12.2 Å². The van der Waals surface area contributed by atoms with Gasteiger partial charge < -0.3 is 20.6 Å². The van der Waals surface area contributed by atoms with Crippen molar-refractivity contribution in [2.45, 2.75) is 76.5 Å². The first-order valence-corrected chi connectivity index (χ1v) is 8.01. The van der Waals surface area contributed by atoms with Gasteiger partial charge in [0.15, 0.2) is 0 Å². The molecule has 4 atom stereocenters. The lowest BCUT2D eigenvalue weighted by Gasteiger charge is -2.35. The molecule has 1 heterocycles. The van der Waals surface area contributed by atoms with Gasteiger partial charge in [0, 0.05) is 0 Å². The molecule has 1 fully saturated rings. The predicted molar refractivity (Wildman–Crippen MR) is 75.8 cm³/mol. The van der Waals surface area contributed by atoms with E-state index in [4.69, 9.17) is 0 Å². The minimum atomic E-state index is -0.760. The Labute approximate surface area is 117 Å². The summed E-state index contributed by atoms with van der Waals surface area (Å²) < 4.78 is 0. The number of hydrogen-bond donors (Lipinski definition) is 4. The Morgan fingerprint density at radius 1 is 1.00 bits per heavy atom. The molecule has 4 heteroatoms. The molecule has 0 saturated carbocycles. The molecule has 4 nitrogen and oxygen atoms in total. The lowest BCUT2D eigenvalue weighted by molar-refractivity contribution is -0.716. The molecule has 1 aliphatic heterocycles. The Morgan fingerprint density at radius 3 is 2.26 bits per heavy atom. The second-order valence-corrected chi connectivity index (χ2v) is 5.95. The van der Waals surface area contributed by atoms with E-state index in [2.05, 4.69) is 12.2 Å². The minimum Gasteiger partial charge on any atom is -0.396 e. The van der Waals surface area contributed by atoms with Crippen LogP contribution in [-0.2, 0) is 0 Å². The maximum absolute atomic E-state index is 9.88. The average molecular weight is 274 g/mol. The number of rotatable bonds is 9. The number of hydrogen-bond acceptors (Lipinski definition) is 3. The number of nitrogens with two attached hydrogens (primary N) is 1. The third-order valence-electron chi connectivity index (χ3n) is 4.41. The maximum atomic E-state index is 9.88. The molecule has 0 spiro atoms. The van der Waals surface area contributed by atoms with Crippen LogP contribution in [0.25, 0.3) is 0 Å². The minimum absolute atomic E-state index is 0.0319. The van der Waals surface area contributed by atoms with Crippen LogP contribution >= 0.6 is 0 Å². The molecule has 0 aromatic heterocycles. The van der Waals surface area contributed by atoms with Crippen molar-refractivity contribution in [3.63, 3.8) is 0 Å². The summed E-state index contributed by atoms with van der Waals surface area (Å²) in [5.74, 6) is -0.177. The van der Waals surface area contributed by atoms with Crippen LogP contribution in [0.1, 0.15) is 58.3 Å². The third-order valence-corrected chi connectivity index (χ3v) is 4.41. The van der Waals surface area contributed by atoms with Crippen molar-refractivity contribution >= 4 is 0 Å². The maximum Gasteiger partial charge on any atom is 0.129 e. The van der Waals surface area contributed by atoms with E-state index >= 15 is 0 Å². The van der Waals surface area contributed by atoms with Crippen molar-refractivity contribution in [3.05, 3.63) is 0 Å². The topological polar surface area (TPSA) is 77.3 Å². The summed E-state index contributed by atoms with van der Waals surface area (Å²) in [5, 5.41) is 30.9. The Balaban J connectivity index is 2.14. The van der Waals surface area contributed by atoms with Gasteiger partial charge in [0.1, 0.15) is 12.6 Å². The Kier molecular flexibility index (Phi) is 8.62. The Hall–Kier alpha value is -0.160. The highest BCUT2D eigenvalue weighted by Crippen LogP contribution is 2.18. The molecule has 0 bridgehead atoms. The van der Waals surface area contributed by atoms with Crippen LogP contribution in [0, 0.1) is 5.92 Å². The monoisotopic (exact) mass is 274 g/mol. The number of piperidine rings is 1. The summed E-state index contributed by atoms with van der Waals surface area (Å²) in [7, 11) is 0. The molecule has 1 rings (SSSR count). The number of unbranched alkanes of at least 4 members (excludes halogenated alkanes) is 6. The summed E-state index contributed by atoms with van der Waals surface area (Å²) in [6, 6.07) is 0.263. The summed E-state index contributed by atoms with van der Waals surface area (Å²) in [6.45, 7) is 2.75. The first-order valence-electron chi connectivity index (χ1n) is 8.01. The van der Waals surface area contributed by atoms with Gasteiger partial charge in [-0.25, -0.2) is 0 Å². The first-order chi connectivity index (χ1) is 9.20. The highest BCUT2D eigenvalue weighted by atomic mass is 16.3. The van der Waals surface area contributed by atoms with Gasteiger partial charge in [0.2, 0.25) is 0 Å². The molecule has 114 valence electrons. The van der Waals surface area contributed by atoms with Crippen LogP contribution in [-0.4, -0.2) is 46.7 Å². The predicted octanol–water partition coefficient (Wildman–Crippen LogP) is 0.403. The lowest BCUT2D eigenvalue weighted by Crippen LogP contribution is -2.97. The Morgan fingerprint density at radius 2 is 1.63 bits per heavy atom. The van der Waals surface area contributed by atoms with Gasteiger partial charge in [-0.3, -0.25) is 0 Å².